The molecule has 3 atom stereocenters. The first kappa shape index (κ1) is 20.2. The van der Waals surface area contributed by atoms with Crippen molar-refractivity contribution in [2.45, 2.75) is 63.8 Å². The number of nitrogens with zero attached hydrogens (tertiary/aromatic N) is 2. The van der Waals surface area contributed by atoms with E-state index in [1.54, 1.807) is 17.0 Å². The summed E-state index contributed by atoms with van der Waals surface area (Å²) in [5.74, 6) is 1.35. The molecule has 162 valence electrons. The van der Waals surface area contributed by atoms with Crippen LogP contribution in [0, 0.1) is 0 Å². The molecule has 1 amide bonds. The van der Waals surface area contributed by atoms with Gasteiger partial charge < -0.3 is 14.4 Å². The molecule has 0 radical (unpaired) electrons. The summed E-state index contributed by atoms with van der Waals surface area (Å²) < 4.78 is 11.7. The number of carbonyl (C=O) groups is 2. The van der Waals surface area contributed by atoms with Gasteiger partial charge in [0.05, 0.1) is 23.5 Å². The fourth-order valence-corrected chi connectivity index (χ4v) is 5.07. The van der Waals surface area contributed by atoms with Crippen LogP contribution in [0.15, 0.2) is 42.5 Å². The average Bonchev–Trinajstić information content (AvgIpc) is 3.05. The first-order valence-corrected chi connectivity index (χ1v) is 11.0. The van der Waals surface area contributed by atoms with Crippen LogP contribution in [0.1, 0.15) is 40.0 Å². The van der Waals surface area contributed by atoms with Crippen LogP contribution in [0.3, 0.4) is 0 Å². The van der Waals surface area contributed by atoms with Crippen molar-refractivity contribution in [3.8, 4) is 11.5 Å². The highest BCUT2D eigenvalue weighted by molar-refractivity contribution is 6.30. The Balaban J connectivity index is 1.52. The third kappa shape index (κ3) is 3.43. The number of Topliss-reactive ketones (excluding diaryl/α,β-unsaturated/α-hetero) is 1. The normalized spacial score (nSPS) is 24.4. The summed E-state index contributed by atoms with van der Waals surface area (Å²) >= 11 is 6.21. The van der Waals surface area contributed by atoms with Crippen LogP contribution in [0.2, 0.25) is 5.02 Å². The van der Waals surface area contributed by atoms with E-state index in [2.05, 4.69) is 4.90 Å². The second kappa shape index (κ2) is 7.16. The zero-order valence-corrected chi connectivity index (χ0v) is 18.6. The molecule has 2 fully saturated rings. The van der Waals surface area contributed by atoms with Gasteiger partial charge in [-0.05, 0) is 64.3 Å². The van der Waals surface area contributed by atoms with Crippen molar-refractivity contribution in [1.29, 1.82) is 0 Å². The highest BCUT2D eigenvalue weighted by Gasteiger charge is 2.52. The van der Waals surface area contributed by atoms with Crippen LogP contribution in [0.4, 0.5) is 16.2 Å². The predicted octanol–water partition coefficient (Wildman–Crippen LogP) is 5.69. The maximum atomic E-state index is 13.7. The molecule has 2 aromatic rings. The SMILES string of the molecule is CC(C)(C)OC(=O)N1C2CCC1C(=O)C(N1c3ccccc3Oc3cc(Cl)ccc31)C2. The number of rotatable bonds is 1. The third-order valence-electron chi connectivity index (χ3n) is 6.10. The zero-order valence-electron chi connectivity index (χ0n) is 17.8. The number of hydrogen-bond donors (Lipinski definition) is 0. The minimum Gasteiger partial charge on any atom is -0.453 e. The Morgan fingerprint density at radius 2 is 1.81 bits per heavy atom. The van der Waals surface area contributed by atoms with Crippen LogP contribution in [-0.2, 0) is 9.53 Å². The number of ether oxygens (including phenoxy) is 2. The van der Waals surface area contributed by atoms with E-state index in [-0.39, 0.29) is 17.9 Å². The van der Waals surface area contributed by atoms with Gasteiger partial charge in [0, 0.05) is 17.1 Å². The molecule has 2 aromatic carbocycles. The van der Waals surface area contributed by atoms with Crippen LogP contribution in [-0.4, -0.2) is 40.5 Å². The maximum absolute atomic E-state index is 13.7. The molecular weight excluding hydrogens is 416 g/mol. The van der Waals surface area contributed by atoms with Crippen molar-refractivity contribution >= 4 is 34.9 Å². The molecule has 0 aliphatic carbocycles. The Morgan fingerprint density at radius 3 is 2.58 bits per heavy atom. The highest BCUT2D eigenvalue weighted by atomic mass is 35.5. The lowest BCUT2D eigenvalue weighted by Crippen LogP contribution is -2.58. The van der Waals surface area contributed by atoms with E-state index in [1.807, 2.05) is 51.1 Å². The number of amides is 1. The second-order valence-electron chi connectivity index (χ2n) is 9.34. The highest BCUT2D eigenvalue weighted by Crippen LogP contribution is 2.50. The second-order valence-corrected chi connectivity index (χ2v) is 9.78. The number of ketones is 1. The van der Waals surface area contributed by atoms with E-state index in [9.17, 15) is 9.59 Å². The minimum atomic E-state index is -0.599. The lowest BCUT2D eigenvalue weighted by atomic mass is 9.93. The smallest absolute Gasteiger partial charge is 0.411 e. The Bertz CT molecular complexity index is 1060. The van der Waals surface area contributed by atoms with Crippen LogP contribution in [0.25, 0.3) is 0 Å². The molecule has 3 unspecified atom stereocenters. The number of anilines is 2. The molecule has 7 heteroatoms. The topological polar surface area (TPSA) is 59.1 Å². The molecule has 3 aliphatic heterocycles. The van der Waals surface area contributed by atoms with E-state index < -0.39 is 17.7 Å². The van der Waals surface area contributed by atoms with E-state index in [0.717, 1.165) is 17.8 Å². The Kier molecular flexibility index (Phi) is 4.66. The maximum Gasteiger partial charge on any atom is 0.411 e. The molecule has 2 saturated heterocycles. The van der Waals surface area contributed by atoms with Crippen molar-refractivity contribution in [2.24, 2.45) is 0 Å². The van der Waals surface area contributed by atoms with Gasteiger partial charge in [0.2, 0.25) is 0 Å². The molecule has 5 rings (SSSR count). The van der Waals surface area contributed by atoms with Crippen molar-refractivity contribution in [2.75, 3.05) is 4.90 Å². The van der Waals surface area contributed by atoms with E-state index >= 15 is 0 Å². The standard InChI is InChI=1S/C24H25ClN2O4/c1-24(2,3)31-23(29)26-15-9-11-18(26)22(28)19(13-15)27-16-6-4-5-7-20(16)30-21-12-14(25)8-10-17(21)27/h4-8,10,12,15,18-19H,9,11,13H2,1-3H3. The van der Waals surface area contributed by atoms with E-state index in [0.29, 0.717) is 29.4 Å². The van der Waals surface area contributed by atoms with Gasteiger partial charge in [0.25, 0.3) is 0 Å². The molecule has 31 heavy (non-hydrogen) atoms. The number of carbonyl (C=O) groups excluding carboxylic acids is 2. The summed E-state index contributed by atoms with van der Waals surface area (Å²) in [6, 6.07) is 12.3. The Morgan fingerprint density at radius 1 is 1.06 bits per heavy atom. The van der Waals surface area contributed by atoms with Crippen molar-refractivity contribution in [3.05, 3.63) is 47.5 Å². The van der Waals surface area contributed by atoms with Crippen LogP contribution < -0.4 is 9.64 Å². The molecule has 0 N–H and O–H groups in total. The van der Waals surface area contributed by atoms with Gasteiger partial charge in [0.1, 0.15) is 5.60 Å². The summed E-state index contributed by atoms with van der Waals surface area (Å²) in [7, 11) is 0. The molecular formula is C24H25ClN2O4. The largest absolute Gasteiger partial charge is 0.453 e. The van der Waals surface area contributed by atoms with Crippen LogP contribution in [0.5, 0.6) is 11.5 Å². The predicted molar refractivity (Wildman–Crippen MR) is 118 cm³/mol. The van der Waals surface area contributed by atoms with Gasteiger partial charge in [0.15, 0.2) is 17.3 Å². The quantitative estimate of drug-likeness (QED) is 0.569. The van der Waals surface area contributed by atoms with Gasteiger partial charge in [-0.3, -0.25) is 9.69 Å². The molecule has 0 aromatic heterocycles. The van der Waals surface area contributed by atoms with Gasteiger partial charge in [-0.25, -0.2) is 4.79 Å². The lowest BCUT2D eigenvalue weighted by Gasteiger charge is -2.44. The monoisotopic (exact) mass is 440 g/mol. The number of para-hydroxylation sites is 2. The molecule has 2 bridgehead atoms. The van der Waals surface area contributed by atoms with Gasteiger partial charge in [-0.2, -0.15) is 0 Å². The molecule has 3 aliphatic rings. The Labute approximate surface area is 186 Å². The number of hydrogen-bond acceptors (Lipinski definition) is 5. The average molecular weight is 441 g/mol. The fraction of sp³-hybridized carbons (Fsp3) is 0.417. The molecule has 3 heterocycles. The summed E-state index contributed by atoms with van der Waals surface area (Å²) in [5.41, 5.74) is 1.06. The van der Waals surface area contributed by atoms with Crippen molar-refractivity contribution in [1.82, 2.24) is 4.90 Å². The number of benzene rings is 2. The van der Waals surface area contributed by atoms with E-state index in [4.69, 9.17) is 21.1 Å². The molecule has 0 saturated carbocycles. The van der Waals surface area contributed by atoms with Crippen molar-refractivity contribution in [3.63, 3.8) is 0 Å². The summed E-state index contributed by atoms with van der Waals surface area (Å²) in [4.78, 5) is 30.3. The summed E-state index contributed by atoms with van der Waals surface area (Å²) in [6.45, 7) is 5.52. The van der Waals surface area contributed by atoms with Gasteiger partial charge in [-0.15, -0.1) is 0 Å². The summed E-state index contributed by atoms with van der Waals surface area (Å²) in [6.07, 6.45) is 1.61. The van der Waals surface area contributed by atoms with Gasteiger partial charge >= 0.3 is 6.09 Å². The fourth-order valence-electron chi connectivity index (χ4n) is 4.91. The molecule has 0 spiro atoms. The first-order chi connectivity index (χ1) is 14.7. The first-order valence-electron chi connectivity index (χ1n) is 10.6. The number of fused-ring (bicyclic) bond motifs is 4. The number of piperidine rings is 1. The molecule has 6 nitrogen and oxygen atoms in total. The van der Waals surface area contributed by atoms with E-state index in [1.165, 1.54) is 0 Å². The minimum absolute atomic E-state index is 0.0340. The third-order valence-corrected chi connectivity index (χ3v) is 6.33. The Hall–Kier alpha value is -2.73. The number of halogens is 1. The van der Waals surface area contributed by atoms with Crippen LogP contribution >= 0.6 is 11.6 Å². The van der Waals surface area contributed by atoms with Crippen molar-refractivity contribution < 1.29 is 19.1 Å². The van der Waals surface area contributed by atoms with Gasteiger partial charge in [-0.1, -0.05) is 23.7 Å². The summed E-state index contributed by atoms with van der Waals surface area (Å²) in [5, 5.41) is 0.573. The zero-order chi connectivity index (χ0) is 21.9. The lowest BCUT2D eigenvalue weighted by molar-refractivity contribution is -0.127.